The molecule has 0 saturated heterocycles. The molecular weight excluding hydrogens is 687 g/mol. The molecule has 0 atom stereocenters. The standard InChI is InChI=1S/C56H41N/c1-5-20-41(21-6-1)55(42-22-7-2-8-23-42)49-31-15-17-33-51(49)56(52-34-18-16-32-50(52)55)48-30-14-13-28-47(48)54-46(29-19-35-53(54)56)40-36-38-45(39-37-40)57(43-24-9-3-10-25-43)44-26-11-4-12-27-44/h1-7,9-22,24-39H,8,23H2. The van der Waals surface area contributed by atoms with Crippen molar-refractivity contribution in [1.82, 2.24) is 0 Å². The fourth-order valence-electron chi connectivity index (χ4n) is 10.6. The SMILES string of the molecule is C1=CCCC(C2(c3ccccc3)c3ccccc3C3(c4ccccc4-c4c(-c5ccc(N(c6ccccc6)c6ccccc6)cc5)cccc43)c3ccccc32)=C1. The largest absolute Gasteiger partial charge is 0.311 e. The lowest BCUT2D eigenvalue weighted by Gasteiger charge is -2.51. The van der Waals surface area contributed by atoms with Crippen LogP contribution in [0.1, 0.15) is 51.8 Å². The Labute approximate surface area is 335 Å². The molecule has 0 radical (unpaired) electrons. The van der Waals surface area contributed by atoms with Crippen molar-refractivity contribution in [2.75, 3.05) is 4.90 Å². The lowest BCUT2D eigenvalue weighted by Crippen LogP contribution is -2.45. The second-order valence-electron chi connectivity index (χ2n) is 15.4. The van der Waals surface area contributed by atoms with Gasteiger partial charge >= 0.3 is 0 Å². The Bertz CT molecular complexity index is 2740. The number of hydrogen-bond acceptors (Lipinski definition) is 1. The molecule has 0 saturated carbocycles. The molecule has 0 heterocycles. The van der Waals surface area contributed by atoms with Gasteiger partial charge in [-0.15, -0.1) is 0 Å². The van der Waals surface area contributed by atoms with Gasteiger partial charge in [0, 0.05) is 17.1 Å². The summed E-state index contributed by atoms with van der Waals surface area (Å²) in [5.74, 6) is 0. The van der Waals surface area contributed by atoms with Crippen LogP contribution in [0.2, 0.25) is 0 Å². The van der Waals surface area contributed by atoms with E-state index < -0.39 is 10.8 Å². The van der Waals surface area contributed by atoms with Crippen molar-refractivity contribution in [3.8, 4) is 22.3 Å². The van der Waals surface area contributed by atoms with Crippen molar-refractivity contribution in [2.45, 2.75) is 23.7 Å². The lowest BCUT2D eigenvalue weighted by atomic mass is 9.50. The van der Waals surface area contributed by atoms with Crippen LogP contribution in [0.15, 0.2) is 230 Å². The summed E-state index contributed by atoms with van der Waals surface area (Å²) in [6.07, 6.45) is 9.04. The van der Waals surface area contributed by atoms with E-state index in [-0.39, 0.29) is 0 Å². The number of anilines is 3. The Balaban J connectivity index is 1.15. The molecule has 0 N–H and O–H groups in total. The zero-order valence-electron chi connectivity index (χ0n) is 31.7. The van der Waals surface area contributed by atoms with Crippen LogP contribution >= 0.6 is 0 Å². The highest BCUT2D eigenvalue weighted by atomic mass is 15.1. The normalized spacial score (nSPS) is 18.6. The molecule has 1 spiro atoms. The Morgan fingerprint density at radius 2 is 0.842 bits per heavy atom. The third-order valence-corrected chi connectivity index (χ3v) is 12.7. The molecule has 1 heteroatoms. The van der Waals surface area contributed by atoms with Gasteiger partial charge in [0.2, 0.25) is 0 Å². The summed E-state index contributed by atoms with van der Waals surface area (Å²) in [7, 11) is 0. The van der Waals surface area contributed by atoms with Crippen molar-refractivity contribution in [2.24, 2.45) is 0 Å². The molecule has 0 unspecified atom stereocenters. The van der Waals surface area contributed by atoms with Crippen molar-refractivity contribution in [3.05, 3.63) is 269 Å². The molecule has 57 heavy (non-hydrogen) atoms. The summed E-state index contributed by atoms with van der Waals surface area (Å²) < 4.78 is 0. The number of benzene rings is 8. The molecule has 0 bridgehead atoms. The predicted molar refractivity (Wildman–Crippen MR) is 237 cm³/mol. The average molecular weight is 728 g/mol. The molecule has 0 aliphatic heterocycles. The highest BCUT2D eigenvalue weighted by molar-refractivity contribution is 5.97. The Morgan fingerprint density at radius 3 is 1.42 bits per heavy atom. The first-order chi connectivity index (χ1) is 28.3. The monoisotopic (exact) mass is 727 g/mol. The minimum absolute atomic E-state index is 0.432. The molecule has 3 aliphatic rings. The van der Waals surface area contributed by atoms with Gasteiger partial charge < -0.3 is 4.90 Å². The molecule has 11 rings (SSSR count). The summed E-state index contributed by atoms with van der Waals surface area (Å²) in [6.45, 7) is 0. The maximum Gasteiger partial charge on any atom is 0.0720 e. The van der Waals surface area contributed by atoms with Gasteiger partial charge in [0.1, 0.15) is 0 Å². The fraction of sp³-hybridized carbons (Fsp3) is 0.0714. The molecule has 1 nitrogen and oxygen atoms in total. The Kier molecular flexibility index (Phi) is 7.82. The van der Waals surface area contributed by atoms with Gasteiger partial charge in [-0.1, -0.05) is 194 Å². The topological polar surface area (TPSA) is 3.24 Å². The number of fused-ring (bicyclic) bond motifs is 9. The molecule has 8 aromatic rings. The summed E-state index contributed by atoms with van der Waals surface area (Å²) >= 11 is 0. The first-order valence-corrected chi connectivity index (χ1v) is 20.2. The zero-order chi connectivity index (χ0) is 37.8. The first-order valence-electron chi connectivity index (χ1n) is 20.2. The second-order valence-corrected chi connectivity index (χ2v) is 15.4. The van der Waals surface area contributed by atoms with Gasteiger partial charge in [0.25, 0.3) is 0 Å². The van der Waals surface area contributed by atoms with Crippen LogP contribution in [-0.4, -0.2) is 0 Å². The lowest BCUT2D eigenvalue weighted by molar-refractivity contribution is 0.595. The minimum Gasteiger partial charge on any atom is -0.311 e. The number of allylic oxidation sites excluding steroid dienone is 4. The second kappa shape index (κ2) is 13.4. The number of nitrogens with zero attached hydrogens (tertiary/aromatic N) is 1. The molecule has 0 aromatic heterocycles. The summed E-state index contributed by atoms with van der Waals surface area (Å²) in [4.78, 5) is 2.33. The molecule has 3 aliphatic carbocycles. The van der Waals surface area contributed by atoms with Gasteiger partial charge in [-0.3, -0.25) is 0 Å². The average Bonchev–Trinajstić information content (AvgIpc) is 3.59. The molecular formula is C56H41N. The predicted octanol–water partition coefficient (Wildman–Crippen LogP) is 14.1. The molecule has 270 valence electrons. The number of rotatable bonds is 6. The van der Waals surface area contributed by atoms with E-state index in [4.69, 9.17) is 0 Å². The van der Waals surface area contributed by atoms with Crippen LogP contribution in [0.4, 0.5) is 17.1 Å². The Hall–Kier alpha value is -6.96. The minimum atomic E-state index is -0.504. The van der Waals surface area contributed by atoms with Crippen molar-refractivity contribution < 1.29 is 0 Å². The van der Waals surface area contributed by atoms with Gasteiger partial charge in [-0.05, 0) is 110 Å². The smallest absolute Gasteiger partial charge is 0.0720 e. The van der Waals surface area contributed by atoms with Crippen LogP contribution in [0.3, 0.4) is 0 Å². The molecule has 8 aromatic carbocycles. The van der Waals surface area contributed by atoms with Crippen molar-refractivity contribution in [3.63, 3.8) is 0 Å². The fourth-order valence-corrected chi connectivity index (χ4v) is 10.6. The zero-order valence-corrected chi connectivity index (χ0v) is 31.7. The van der Waals surface area contributed by atoms with Crippen LogP contribution in [0, 0.1) is 0 Å². The Morgan fingerprint density at radius 1 is 0.368 bits per heavy atom. The summed E-state index contributed by atoms with van der Waals surface area (Å²) in [5.41, 5.74) is 18.5. The quantitative estimate of drug-likeness (QED) is 0.165. The van der Waals surface area contributed by atoms with E-state index in [0.29, 0.717) is 0 Å². The van der Waals surface area contributed by atoms with Crippen molar-refractivity contribution >= 4 is 17.1 Å². The number of hydrogen-bond donors (Lipinski definition) is 0. The van der Waals surface area contributed by atoms with E-state index >= 15 is 0 Å². The van der Waals surface area contributed by atoms with Gasteiger partial charge in [-0.2, -0.15) is 0 Å². The van der Waals surface area contributed by atoms with E-state index in [9.17, 15) is 0 Å². The maximum atomic E-state index is 2.43. The summed E-state index contributed by atoms with van der Waals surface area (Å²) in [5, 5.41) is 0. The van der Waals surface area contributed by atoms with Gasteiger partial charge in [0.05, 0.1) is 10.8 Å². The van der Waals surface area contributed by atoms with E-state index in [1.807, 2.05) is 0 Å². The van der Waals surface area contributed by atoms with Gasteiger partial charge in [-0.25, -0.2) is 0 Å². The van der Waals surface area contributed by atoms with E-state index in [2.05, 4.69) is 229 Å². The van der Waals surface area contributed by atoms with E-state index in [0.717, 1.165) is 29.9 Å². The molecule has 0 amide bonds. The third-order valence-electron chi connectivity index (χ3n) is 12.7. The van der Waals surface area contributed by atoms with Crippen LogP contribution < -0.4 is 4.90 Å². The van der Waals surface area contributed by atoms with Crippen LogP contribution in [0.25, 0.3) is 22.3 Å². The number of para-hydroxylation sites is 2. The first kappa shape index (κ1) is 33.4. The van der Waals surface area contributed by atoms with Crippen LogP contribution in [0.5, 0.6) is 0 Å². The van der Waals surface area contributed by atoms with Gasteiger partial charge in [0.15, 0.2) is 0 Å². The van der Waals surface area contributed by atoms with Crippen LogP contribution in [-0.2, 0) is 10.8 Å². The van der Waals surface area contributed by atoms with Crippen molar-refractivity contribution in [1.29, 1.82) is 0 Å². The molecule has 0 fully saturated rings. The third kappa shape index (κ3) is 4.82. The van der Waals surface area contributed by atoms with E-state index in [1.54, 1.807) is 0 Å². The van der Waals surface area contributed by atoms with E-state index in [1.165, 1.54) is 66.8 Å². The highest BCUT2D eigenvalue weighted by Gasteiger charge is 2.57. The summed E-state index contributed by atoms with van der Waals surface area (Å²) in [6, 6.07) is 76.7. The highest BCUT2D eigenvalue weighted by Crippen LogP contribution is 2.66. The maximum absolute atomic E-state index is 2.43.